The van der Waals surface area contributed by atoms with Crippen molar-refractivity contribution in [3.63, 3.8) is 0 Å². The van der Waals surface area contributed by atoms with Gasteiger partial charge < -0.3 is 15.2 Å². The Hall–Kier alpha value is -1.88. The van der Waals surface area contributed by atoms with Crippen LogP contribution in [0.15, 0.2) is 18.2 Å². The summed E-state index contributed by atoms with van der Waals surface area (Å²) in [6.45, 7) is -0.0334. The maximum absolute atomic E-state index is 12.1. The zero-order valence-corrected chi connectivity index (χ0v) is 10.8. The van der Waals surface area contributed by atoms with E-state index in [1.807, 2.05) is 12.1 Å². The molecule has 0 heterocycles. The summed E-state index contributed by atoms with van der Waals surface area (Å²) in [4.78, 5) is 22.9. The smallest absolute Gasteiger partial charge is 0.334 e. The zero-order chi connectivity index (χ0) is 13.8. The molecule has 0 bridgehead atoms. The van der Waals surface area contributed by atoms with E-state index in [-0.39, 0.29) is 12.5 Å². The van der Waals surface area contributed by atoms with Gasteiger partial charge in [0.25, 0.3) is 5.91 Å². The highest BCUT2D eigenvalue weighted by Gasteiger charge is 2.21. The van der Waals surface area contributed by atoms with Crippen molar-refractivity contribution in [1.29, 1.82) is 0 Å². The second-order valence-electron chi connectivity index (χ2n) is 4.57. The van der Waals surface area contributed by atoms with E-state index in [1.54, 1.807) is 6.07 Å². The van der Waals surface area contributed by atoms with Gasteiger partial charge in [-0.2, -0.15) is 0 Å². The number of ether oxygens (including phenoxy) is 1. The quantitative estimate of drug-likeness (QED) is 0.831. The van der Waals surface area contributed by atoms with Crippen molar-refractivity contribution in [2.75, 3.05) is 13.7 Å². The van der Waals surface area contributed by atoms with Crippen LogP contribution < -0.4 is 5.32 Å². The van der Waals surface area contributed by atoms with Crippen LogP contribution in [0, 0.1) is 0 Å². The number of benzene rings is 1. The Kier molecular flexibility index (Phi) is 4.16. The molecule has 1 aromatic carbocycles. The number of carbonyl (C=O) groups is 2. The minimum absolute atomic E-state index is 0.0334. The minimum atomic E-state index is -1.08. The van der Waals surface area contributed by atoms with Gasteiger partial charge in [0.1, 0.15) is 0 Å². The molecule has 0 fully saturated rings. The summed E-state index contributed by atoms with van der Waals surface area (Å²) in [6.07, 6.45) is 1.97. The highest BCUT2D eigenvalue weighted by molar-refractivity contribution is 5.96. The van der Waals surface area contributed by atoms with Crippen molar-refractivity contribution < 1.29 is 19.4 Å². The number of methoxy groups -OCH3 is 1. The summed E-state index contributed by atoms with van der Waals surface area (Å²) in [5, 5.41) is 11.5. The molecule has 2 N–H and O–H groups in total. The highest BCUT2D eigenvalue weighted by atomic mass is 16.5. The molecule has 1 atom stereocenters. The van der Waals surface area contributed by atoms with E-state index < -0.39 is 12.1 Å². The van der Waals surface area contributed by atoms with Crippen molar-refractivity contribution in [2.45, 2.75) is 25.4 Å². The van der Waals surface area contributed by atoms with E-state index in [2.05, 4.69) is 5.32 Å². The molecule has 5 nitrogen and oxygen atoms in total. The van der Waals surface area contributed by atoms with Crippen molar-refractivity contribution >= 4 is 11.9 Å². The van der Waals surface area contributed by atoms with Gasteiger partial charge in [0.05, 0.1) is 6.54 Å². The number of aliphatic carboxylic acids is 1. The summed E-state index contributed by atoms with van der Waals surface area (Å²) in [6, 6.07) is 5.68. The van der Waals surface area contributed by atoms with E-state index in [0.717, 1.165) is 24.8 Å². The Balaban J connectivity index is 2.05. The summed E-state index contributed by atoms with van der Waals surface area (Å²) in [5.41, 5.74) is 2.95. The average molecular weight is 263 g/mol. The summed E-state index contributed by atoms with van der Waals surface area (Å²) >= 11 is 0. The monoisotopic (exact) mass is 263 g/mol. The molecule has 0 saturated heterocycles. The summed E-state index contributed by atoms with van der Waals surface area (Å²) in [5.74, 6) is -1.32. The van der Waals surface area contributed by atoms with Crippen LogP contribution in [-0.4, -0.2) is 36.7 Å². The van der Waals surface area contributed by atoms with Gasteiger partial charge in [0.15, 0.2) is 6.10 Å². The lowest BCUT2D eigenvalue weighted by Gasteiger charge is -2.13. The third-order valence-corrected chi connectivity index (χ3v) is 3.40. The second-order valence-corrected chi connectivity index (χ2v) is 4.57. The minimum Gasteiger partial charge on any atom is -0.479 e. The van der Waals surface area contributed by atoms with Crippen molar-refractivity contribution in [3.8, 4) is 0 Å². The number of fused-ring (bicyclic) bond motifs is 1. The standard InChI is InChI=1S/C14H17NO4/c1-19-12(14(17)18)8-15-13(16)11-7-3-5-9-4-2-6-10(9)11/h3,5,7,12H,2,4,6,8H2,1H3,(H,15,16)(H,17,18). The maximum Gasteiger partial charge on any atom is 0.334 e. The van der Waals surface area contributed by atoms with Gasteiger partial charge >= 0.3 is 5.97 Å². The fourth-order valence-electron chi connectivity index (χ4n) is 2.38. The number of carboxylic acid groups (broad SMARTS) is 1. The van der Waals surface area contributed by atoms with Crippen molar-refractivity contribution in [3.05, 3.63) is 34.9 Å². The summed E-state index contributed by atoms with van der Waals surface area (Å²) in [7, 11) is 1.31. The van der Waals surface area contributed by atoms with Gasteiger partial charge in [0, 0.05) is 12.7 Å². The molecule has 1 aliphatic carbocycles. The molecule has 1 unspecified atom stereocenters. The SMILES string of the molecule is COC(CNC(=O)c1cccc2c1CCC2)C(=O)O. The van der Waals surface area contributed by atoms with E-state index in [0.29, 0.717) is 5.56 Å². The van der Waals surface area contributed by atoms with E-state index in [1.165, 1.54) is 12.7 Å². The molecule has 5 heteroatoms. The topological polar surface area (TPSA) is 75.6 Å². The van der Waals surface area contributed by atoms with Crippen LogP contribution in [0.2, 0.25) is 0 Å². The molecular weight excluding hydrogens is 246 g/mol. The lowest BCUT2D eigenvalue weighted by atomic mass is 10.0. The third-order valence-electron chi connectivity index (χ3n) is 3.40. The molecule has 1 aromatic rings. The van der Waals surface area contributed by atoms with Crippen molar-refractivity contribution in [2.24, 2.45) is 0 Å². The molecular formula is C14H17NO4. The normalized spacial score (nSPS) is 14.8. The number of hydrogen-bond acceptors (Lipinski definition) is 3. The van der Waals surface area contributed by atoms with Crippen molar-refractivity contribution in [1.82, 2.24) is 5.32 Å². The van der Waals surface area contributed by atoms with E-state index in [9.17, 15) is 9.59 Å². The second kappa shape index (κ2) is 5.84. The van der Waals surface area contributed by atoms with Gasteiger partial charge in [-0.1, -0.05) is 12.1 Å². The maximum atomic E-state index is 12.1. The van der Waals surface area contributed by atoms with Crippen LogP contribution in [0.1, 0.15) is 27.9 Å². The molecule has 102 valence electrons. The van der Waals surface area contributed by atoms with Crippen LogP contribution in [0.4, 0.5) is 0 Å². The third kappa shape index (κ3) is 2.93. The predicted molar refractivity (Wildman–Crippen MR) is 69.2 cm³/mol. The number of amides is 1. The number of rotatable bonds is 5. The van der Waals surface area contributed by atoms with Crippen LogP contribution in [0.5, 0.6) is 0 Å². The molecule has 19 heavy (non-hydrogen) atoms. The van der Waals surface area contributed by atoms with Gasteiger partial charge in [-0.25, -0.2) is 4.79 Å². The molecule has 1 aliphatic rings. The lowest BCUT2D eigenvalue weighted by Crippen LogP contribution is -2.38. The largest absolute Gasteiger partial charge is 0.479 e. The number of hydrogen-bond donors (Lipinski definition) is 2. The Labute approximate surface area is 111 Å². The van der Waals surface area contributed by atoms with E-state index in [4.69, 9.17) is 9.84 Å². The van der Waals surface area contributed by atoms with Gasteiger partial charge in [-0.3, -0.25) is 4.79 Å². The number of carboxylic acids is 1. The number of aryl methyl sites for hydroxylation is 1. The van der Waals surface area contributed by atoms with Gasteiger partial charge in [-0.05, 0) is 36.5 Å². The Morgan fingerprint density at radius 3 is 2.89 bits per heavy atom. The summed E-state index contributed by atoms with van der Waals surface area (Å²) < 4.78 is 4.78. The first-order valence-electron chi connectivity index (χ1n) is 6.28. The first-order chi connectivity index (χ1) is 9.13. The van der Waals surface area contributed by atoms with Crippen LogP contribution in [0.25, 0.3) is 0 Å². The van der Waals surface area contributed by atoms with Crippen LogP contribution in [0.3, 0.4) is 0 Å². The van der Waals surface area contributed by atoms with E-state index >= 15 is 0 Å². The average Bonchev–Trinajstić information content (AvgIpc) is 2.86. The molecule has 0 radical (unpaired) electrons. The number of nitrogens with one attached hydrogen (secondary N) is 1. The first kappa shape index (κ1) is 13.5. The molecule has 0 aromatic heterocycles. The molecule has 0 aliphatic heterocycles. The Morgan fingerprint density at radius 2 is 2.21 bits per heavy atom. The van der Waals surface area contributed by atoms with Gasteiger partial charge in [0.2, 0.25) is 0 Å². The highest BCUT2D eigenvalue weighted by Crippen LogP contribution is 2.25. The fraction of sp³-hybridized carbons (Fsp3) is 0.429. The molecule has 2 rings (SSSR count). The Morgan fingerprint density at radius 1 is 1.42 bits per heavy atom. The lowest BCUT2D eigenvalue weighted by molar-refractivity contribution is -0.148. The predicted octanol–water partition coefficient (Wildman–Crippen LogP) is 1.00. The zero-order valence-electron chi connectivity index (χ0n) is 10.8. The van der Waals surface area contributed by atoms with Crippen LogP contribution in [-0.2, 0) is 22.4 Å². The molecule has 0 spiro atoms. The Bertz CT molecular complexity index is 498. The first-order valence-corrected chi connectivity index (χ1v) is 6.28. The molecule has 1 amide bonds. The van der Waals surface area contributed by atoms with Gasteiger partial charge in [-0.15, -0.1) is 0 Å². The van der Waals surface area contributed by atoms with Crippen LogP contribution >= 0.6 is 0 Å². The molecule has 0 saturated carbocycles. The number of carbonyl (C=O) groups excluding carboxylic acids is 1. The fourth-order valence-corrected chi connectivity index (χ4v) is 2.38.